The maximum Gasteiger partial charge on any atom is 0.144 e. The van der Waals surface area contributed by atoms with Gasteiger partial charge < -0.3 is 5.32 Å². The standard InChI is InChI=1S/C14H24BrN3S/c1-6-16-14-13(15)11(7-9(2)3)17-12(18-14)8-19-10(4)5/h9-10H,6-8H2,1-5H3,(H,16,17,18). The molecular weight excluding hydrogens is 322 g/mol. The van der Waals surface area contributed by atoms with Crippen LogP contribution in [-0.2, 0) is 12.2 Å². The summed E-state index contributed by atoms with van der Waals surface area (Å²) in [4.78, 5) is 9.32. The number of nitrogens with zero attached hydrogens (tertiary/aromatic N) is 2. The van der Waals surface area contributed by atoms with E-state index in [-0.39, 0.29) is 0 Å². The quantitative estimate of drug-likeness (QED) is 0.788. The van der Waals surface area contributed by atoms with Gasteiger partial charge in [0.25, 0.3) is 0 Å². The highest BCUT2D eigenvalue weighted by atomic mass is 79.9. The first-order valence-corrected chi connectivity index (χ1v) is 8.68. The summed E-state index contributed by atoms with van der Waals surface area (Å²) in [5, 5.41) is 3.91. The first-order chi connectivity index (χ1) is 8.93. The molecule has 0 fully saturated rings. The highest BCUT2D eigenvalue weighted by Crippen LogP contribution is 2.27. The Morgan fingerprint density at radius 2 is 1.89 bits per heavy atom. The van der Waals surface area contributed by atoms with Crippen molar-refractivity contribution in [2.75, 3.05) is 11.9 Å². The summed E-state index contributed by atoms with van der Waals surface area (Å²) in [5.74, 6) is 3.31. The molecule has 19 heavy (non-hydrogen) atoms. The Bertz CT molecular complexity index is 408. The van der Waals surface area contributed by atoms with Gasteiger partial charge in [-0.15, -0.1) is 0 Å². The van der Waals surface area contributed by atoms with Crippen LogP contribution in [0, 0.1) is 5.92 Å². The highest BCUT2D eigenvalue weighted by Gasteiger charge is 2.13. The number of hydrogen-bond donors (Lipinski definition) is 1. The predicted octanol–water partition coefficient (Wildman–Crippen LogP) is 4.51. The van der Waals surface area contributed by atoms with Gasteiger partial charge in [-0.1, -0.05) is 27.7 Å². The Hall–Kier alpha value is -0.290. The van der Waals surface area contributed by atoms with Crippen LogP contribution in [0.5, 0.6) is 0 Å². The number of rotatable bonds is 7. The van der Waals surface area contributed by atoms with Gasteiger partial charge in [-0.2, -0.15) is 11.8 Å². The fourth-order valence-corrected chi connectivity index (χ4v) is 2.75. The zero-order valence-corrected chi connectivity index (χ0v) is 14.9. The highest BCUT2D eigenvalue weighted by molar-refractivity contribution is 9.10. The fraction of sp³-hybridized carbons (Fsp3) is 0.714. The van der Waals surface area contributed by atoms with Crippen molar-refractivity contribution in [3.05, 3.63) is 16.0 Å². The number of aromatic nitrogens is 2. The monoisotopic (exact) mass is 345 g/mol. The molecule has 108 valence electrons. The topological polar surface area (TPSA) is 37.8 Å². The second kappa shape index (κ2) is 8.10. The molecule has 0 radical (unpaired) electrons. The van der Waals surface area contributed by atoms with Crippen LogP contribution in [0.4, 0.5) is 5.82 Å². The molecule has 0 saturated carbocycles. The lowest BCUT2D eigenvalue weighted by molar-refractivity contribution is 0.629. The van der Waals surface area contributed by atoms with Crippen LogP contribution in [0.3, 0.4) is 0 Å². The average molecular weight is 346 g/mol. The van der Waals surface area contributed by atoms with Gasteiger partial charge in [-0.25, -0.2) is 9.97 Å². The van der Waals surface area contributed by atoms with Crippen molar-refractivity contribution in [3.63, 3.8) is 0 Å². The third kappa shape index (κ3) is 5.69. The van der Waals surface area contributed by atoms with Crippen molar-refractivity contribution in [2.45, 2.75) is 52.0 Å². The number of hydrogen-bond acceptors (Lipinski definition) is 4. The first-order valence-electron chi connectivity index (χ1n) is 6.84. The Morgan fingerprint density at radius 3 is 2.42 bits per heavy atom. The minimum atomic E-state index is 0.589. The Morgan fingerprint density at radius 1 is 1.21 bits per heavy atom. The molecule has 0 aliphatic carbocycles. The zero-order valence-electron chi connectivity index (χ0n) is 12.5. The molecule has 3 nitrogen and oxygen atoms in total. The van der Waals surface area contributed by atoms with Crippen LogP contribution in [0.15, 0.2) is 4.47 Å². The van der Waals surface area contributed by atoms with E-state index in [4.69, 9.17) is 4.98 Å². The Labute approximate surface area is 129 Å². The second-order valence-corrected chi connectivity index (χ2v) is 7.59. The van der Waals surface area contributed by atoms with Crippen LogP contribution in [0.25, 0.3) is 0 Å². The van der Waals surface area contributed by atoms with Gasteiger partial charge in [0.1, 0.15) is 11.6 Å². The molecule has 0 atom stereocenters. The summed E-state index contributed by atoms with van der Waals surface area (Å²) in [7, 11) is 0. The molecule has 0 aromatic carbocycles. The van der Waals surface area contributed by atoms with Gasteiger partial charge in [0.2, 0.25) is 0 Å². The third-order valence-corrected chi connectivity index (χ3v) is 4.38. The van der Waals surface area contributed by atoms with Gasteiger partial charge in [0.15, 0.2) is 0 Å². The van der Waals surface area contributed by atoms with Gasteiger partial charge >= 0.3 is 0 Å². The lowest BCUT2D eigenvalue weighted by Crippen LogP contribution is -2.09. The van der Waals surface area contributed by atoms with Gasteiger partial charge in [-0.05, 0) is 40.4 Å². The minimum Gasteiger partial charge on any atom is -0.369 e. The lowest BCUT2D eigenvalue weighted by Gasteiger charge is -2.14. The summed E-state index contributed by atoms with van der Waals surface area (Å²) in [5.41, 5.74) is 1.11. The van der Waals surface area contributed by atoms with Crippen molar-refractivity contribution < 1.29 is 0 Å². The molecular formula is C14H24BrN3S. The number of nitrogens with one attached hydrogen (secondary N) is 1. The molecule has 1 heterocycles. The van der Waals surface area contributed by atoms with Crippen LogP contribution in [0.2, 0.25) is 0 Å². The molecule has 1 N–H and O–H groups in total. The molecule has 0 spiro atoms. The van der Waals surface area contributed by atoms with Crippen LogP contribution in [0.1, 0.15) is 46.1 Å². The Balaban J connectivity index is 3.00. The van der Waals surface area contributed by atoms with E-state index < -0.39 is 0 Å². The number of anilines is 1. The predicted molar refractivity (Wildman–Crippen MR) is 88.9 cm³/mol. The van der Waals surface area contributed by atoms with Crippen molar-refractivity contribution in [3.8, 4) is 0 Å². The van der Waals surface area contributed by atoms with E-state index in [1.165, 1.54) is 0 Å². The molecule has 1 aromatic rings. The molecule has 1 rings (SSSR count). The molecule has 5 heteroatoms. The summed E-state index contributed by atoms with van der Waals surface area (Å²) >= 11 is 5.51. The maximum atomic E-state index is 4.71. The van der Waals surface area contributed by atoms with Crippen molar-refractivity contribution in [1.29, 1.82) is 0 Å². The van der Waals surface area contributed by atoms with Gasteiger partial charge in [0.05, 0.1) is 15.9 Å². The summed E-state index contributed by atoms with van der Waals surface area (Å²) in [6.45, 7) is 11.8. The molecule has 0 unspecified atom stereocenters. The number of halogens is 1. The van der Waals surface area contributed by atoms with Gasteiger partial charge in [0, 0.05) is 6.54 Å². The third-order valence-electron chi connectivity index (χ3n) is 2.46. The van der Waals surface area contributed by atoms with Crippen LogP contribution in [-0.4, -0.2) is 21.8 Å². The van der Waals surface area contributed by atoms with E-state index in [0.717, 1.165) is 40.5 Å². The van der Waals surface area contributed by atoms with E-state index in [0.29, 0.717) is 11.2 Å². The summed E-state index contributed by atoms with van der Waals surface area (Å²) in [6, 6.07) is 0. The lowest BCUT2D eigenvalue weighted by atomic mass is 10.1. The zero-order chi connectivity index (χ0) is 14.4. The second-order valence-electron chi connectivity index (χ2n) is 5.24. The van der Waals surface area contributed by atoms with Crippen molar-refractivity contribution in [1.82, 2.24) is 9.97 Å². The molecule has 0 amide bonds. The molecule has 0 saturated heterocycles. The van der Waals surface area contributed by atoms with Crippen LogP contribution >= 0.6 is 27.7 Å². The Kier molecular flexibility index (Phi) is 7.15. The van der Waals surface area contributed by atoms with E-state index in [1.807, 2.05) is 11.8 Å². The molecule has 0 aliphatic heterocycles. The van der Waals surface area contributed by atoms with E-state index >= 15 is 0 Å². The molecule has 1 aromatic heterocycles. The van der Waals surface area contributed by atoms with Crippen LogP contribution < -0.4 is 5.32 Å². The van der Waals surface area contributed by atoms with Crippen molar-refractivity contribution in [2.24, 2.45) is 5.92 Å². The average Bonchev–Trinajstić information content (AvgIpc) is 2.31. The minimum absolute atomic E-state index is 0.589. The van der Waals surface area contributed by atoms with E-state index in [1.54, 1.807) is 0 Å². The smallest absolute Gasteiger partial charge is 0.144 e. The number of thioether (sulfide) groups is 1. The largest absolute Gasteiger partial charge is 0.369 e. The first kappa shape index (κ1) is 16.8. The maximum absolute atomic E-state index is 4.71. The van der Waals surface area contributed by atoms with E-state index in [9.17, 15) is 0 Å². The summed E-state index contributed by atoms with van der Waals surface area (Å²) < 4.78 is 1.02. The summed E-state index contributed by atoms with van der Waals surface area (Å²) in [6.07, 6.45) is 0.973. The SMILES string of the molecule is CCNc1nc(CSC(C)C)nc(CC(C)C)c1Br. The van der Waals surface area contributed by atoms with E-state index in [2.05, 4.69) is 60.8 Å². The molecule has 0 bridgehead atoms. The molecule has 0 aliphatic rings. The van der Waals surface area contributed by atoms with Gasteiger partial charge in [-0.3, -0.25) is 0 Å². The fourth-order valence-electron chi connectivity index (χ4n) is 1.66. The van der Waals surface area contributed by atoms with Crippen molar-refractivity contribution >= 4 is 33.5 Å². The normalized spacial score (nSPS) is 11.4.